The molecule has 1 unspecified atom stereocenters. The molecule has 0 aliphatic heterocycles. The molecule has 0 fully saturated rings. The van der Waals surface area contributed by atoms with Crippen molar-refractivity contribution >= 4 is 11.9 Å². The van der Waals surface area contributed by atoms with Crippen molar-refractivity contribution in [3.8, 4) is 0 Å². The van der Waals surface area contributed by atoms with E-state index in [1.165, 1.54) is 0 Å². The third kappa shape index (κ3) is 3.51. The third-order valence-electron chi connectivity index (χ3n) is 2.71. The normalized spacial score (nSPS) is 14.2. The van der Waals surface area contributed by atoms with E-state index >= 15 is 0 Å². The molecule has 94 valence electrons. The Morgan fingerprint density at radius 2 is 1.75 bits per heavy atom. The molecule has 0 amide bonds. The molecule has 0 rings (SSSR count). The Balaban J connectivity index is 4.91. The van der Waals surface area contributed by atoms with Gasteiger partial charge in [-0.3, -0.25) is 9.59 Å². The van der Waals surface area contributed by atoms with Crippen molar-refractivity contribution in [1.29, 1.82) is 0 Å². The number of carbonyl (C=O) groups excluding carboxylic acids is 1. The Morgan fingerprint density at radius 3 is 2.12 bits per heavy atom. The molecular weight excluding hydrogens is 208 g/mol. The SMILES string of the molecule is CCCCC(CCC)(C(=O)O)C(=O)OCC. The highest BCUT2D eigenvalue weighted by atomic mass is 16.5. The van der Waals surface area contributed by atoms with Gasteiger partial charge in [0.25, 0.3) is 0 Å². The van der Waals surface area contributed by atoms with Crippen LogP contribution in [-0.4, -0.2) is 23.7 Å². The summed E-state index contributed by atoms with van der Waals surface area (Å²) < 4.78 is 4.90. The van der Waals surface area contributed by atoms with E-state index < -0.39 is 17.4 Å². The highest BCUT2D eigenvalue weighted by Crippen LogP contribution is 2.32. The summed E-state index contributed by atoms with van der Waals surface area (Å²) in [6.07, 6.45) is 2.98. The van der Waals surface area contributed by atoms with Gasteiger partial charge in [0.15, 0.2) is 5.41 Å². The summed E-state index contributed by atoms with van der Waals surface area (Å²) in [6.45, 7) is 5.77. The van der Waals surface area contributed by atoms with E-state index in [0.717, 1.165) is 12.8 Å². The van der Waals surface area contributed by atoms with Gasteiger partial charge in [0.2, 0.25) is 0 Å². The van der Waals surface area contributed by atoms with Crippen LogP contribution in [0.3, 0.4) is 0 Å². The van der Waals surface area contributed by atoms with Crippen LogP contribution in [0.25, 0.3) is 0 Å². The molecule has 4 nitrogen and oxygen atoms in total. The van der Waals surface area contributed by atoms with Gasteiger partial charge in [0.05, 0.1) is 6.61 Å². The van der Waals surface area contributed by atoms with Crippen LogP contribution in [0.5, 0.6) is 0 Å². The van der Waals surface area contributed by atoms with Crippen LogP contribution in [0, 0.1) is 5.41 Å². The lowest BCUT2D eigenvalue weighted by Crippen LogP contribution is -2.40. The summed E-state index contributed by atoms with van der Waals surface area (Å²) >= 11 is 0. The predicted molar refractivity (Wildman–Crippen MR) is 61.1 cm³/mol. The number of esters is 1. The van der Waals surface area contributed by atoms with Crippen molar-refractivity contribution in [1.82, 2.24) is 0 Å². The van der Waals surface area contributed by atoms with E-state index in [9.17, 15) is 14.7 Å². The Morgan fingerprint density at radius 1 is 1.12 bits per heavy atom. The minimum absolute atomic E-state index is 0.226. The quantitative estimate of drug-likeness (QED) is 0.514. The Kier molecular flexibility index (Phi) is 6.77. The fourth-order valence-electron chi connectivity index (χ4n) is 1.80. The van der Waals surface area contributed by atoms with E-state index in [1.807, 2.05) is 13.8 Å². The topological polar surface area (TPSA) is 63.6 Å². The van der Waals surface area contributed by atoms with Crippen LogP contribution in [0.1, 0.15) is 52.9 Å². The molecule has 0 bridgehead atoms. The van der Waals surface area contributed by atoms with Gasteiger partial charge in [0.1, 0.15) is 0 Å². The van der Waals surface area contributed by atoms with Gasteiger partial charge in [-0.15, -0.1) is 0 Å². The van der Waals surface area contributed by atoms with Crippen LogP contribution in [0.15, 0.2) is 0 Å². The maximum absolute atomic E-state index is 11.8. The number of ether oxygens (including phenoxy) is 1. The first-order chi connectivity index (χ1) is 7.55. The average Bonchev–Trinajstić information content (AvgIpc) is 2.24. The lowest BCUT2D eigenvalue weighted by atomic mass is 9.79. The van der Waals surface area contributed by atoms with Crippen molar-refractivity contribution in [2.75, 3.05) is 6.61 Å². The maximum Gasteiger partial charge on any atom is 0.323 e. The highest BCUT2D eigenvalue weighted by molar-refractivity contribution is 5.99. The number of hydrogen-bond acceptors (Lipinski definition) is 3. The molecule has 1 atom stereocenters. The van der Waals surface area contributed by atoms with Crippen LogP contribution in [0.4, 0.5) is 0 Å². The zero-order valence-corrected chi connectivity index (χ0v) is 10.4. The summed E-state index contributed by atoms with van der Waals surface area (Å²) in [5.74, 6) is -1.64. The number of hydrogen-bond donors (Lipinski definition) is 1. The number of carboxylic acids is 1. The third-order valence-corrected chi connectivity index (χ3v) is 2.71. The zero-order chi connectivity index (χ0) is 12.6. The molecule has 0 heterocycles. The van der Waals surface area contributed by atoms with Crippen molar-refractivity contribution in [3.63, 3.8) is 0 Å². The largest absolute Gasteiger partial charge is 0.480 e. The Bertz CT molecular complexity index is 237. The molecule has 0 aromatic rings. The number of aliphatic carboxylic acids is 1. The molecule has 0 aromatic carbocycles. The van der Waals surface area contributed by atoms with E-state index in [2.05, 4.69) is 0 Å². The van der Waals surface area contributed by atoms with Gasteiger partial charge < -0.3 is 9.84 Å². The summed E-state index contributed by atoms with van der Waals surface area (Å²) in [6, 6.07) is 0. The number of unbranched alkanes of at least 4 members (excludes halogenated alkanes) is 1. The maximum atomic E-state index is 11.8. The number of rotatable bonds is 8. The standard InChI is InChI=1S/C12H22O4/c1-4-7-9-12(8-5-2,10(13)14)11(15)16-6-3/h4-9H2,1-3H3,(H,13,14). The lowest BCUT2D eigenvalue weighted by Gasteiger charge is -2.26. The van der Waals surface area contributed by atoms with E-state index in [1.54, 1.807) is 6.92 Å². The molecule has 0 aromatic heterocycles. The summed E-state index contributed by atoms with van der Waals surface area (Å²) in [7, 11) is 0. The summed E-state index contributed by atoms with van der Waals surface area (Å²) in [5.41, 5.74) is -1.33. The molecule has 4 heteroatoms. The molecule has 0 radical (unpaired) electrons. The lowest BCUT2D eigenvalue weighted by molar-refractivity contribution is -0.170. The van der Waals surface area contributed by atoms with E-state index in [4.69, 9.17) is 4.74 Å². The summed E-state index contributed by atoms with van der Waals surface area (Å²) in [4.78, 5) is 23.1. The minimum Gasteiger partial charge on any atom is -0.480 e. The molecule has 0 saturated carbocycles. The number of carbonyl (C=O) groups is 2. The number of carboxylic acid groups (broad SMARTS) is 1. The van der Waals surface area contributed by atoms with Gasteiger partial charge >= 0.3 is 11.9 Å². The first-order valence-electron chi connectivity index (χ1n) is 5.95. The van der Waals surface area contributed by atoms with Crippen molar-refractivity contribution < 1.29 is 19.4 Å². The molecule has 16 heavy (non-hydrogen) atoms. The second-order valence-electron chi connectivity index (χ2n) is 3.96. The fourth-order valence-corrected chi connectivity index (χ4v) is 1.80. The smallest absolute Gasteiger partial charge is 0.323 e. The van der Waals surface area contributed by atoms with Gasteiger partial charge in [-0.1, -0.05) is 33.1 Å². The second-order valence-corrected chi connectivity index (χ2v) is 3.96. The van der Waals surface area contributed by atoms with Crippen LogP contribution in [-0.2, 0) is 14.3 Å². The second kappa shape index (κ2) is 7.25. The molecule has 0 spiro atoms. The van der Waals surface area contributed by atoms with E-state index in [0.29, 0.717) is 19.3 Å². The fraction of sp³-hybridized carbons (Fsp3) is 0.833. The Labute approximate surface area is 97.0 Å². The zero-order valence-electron chi connectivity index (χ0n) is 10.4. The molecule has 1 N–H and O–H groups in total. The minimum atomic E-state index is -1.33. The van der Waals surface area contributed by atoms with Crippen molar-refractivity contribution in [3.05, 3.63) is 0 Å². The van der Waals surface area contributed by atoms with Gasteiger partial charge in [-0.25, -0.2) is 0 Å². The summed E-state index contributed by atoms with van der Waals surface area (Å²) in [5, 5.41) is 9.28. The monoisotopic (exact) mass is 230 g/mol. The Hall–Kier alpha value is -1.06. The van der Waals surface area contributed by atoms with Gasteiger partial charge in [-0.05, 0) is 19.8 Å². The van der Waals surface area contributed by atoms with Crippen LogP contribution >= 0.6 is 0 Å². The van der Waals surface area contributed by atoms with Gasteiger partial charge in [-0.2, -0.15) is 0 Å². The first-order valence-corrected chi connectivity index (χ1v) is 5.95. The molecular formula is C12H22O4. The first kappa shape index (κ1) is 14.9. The predicted octanol–water partition coefficient (Wildman–Crippen LogP) is 2.61. The highest BCUT2D eigenvalue weighted by Gasteiger charge is 2.46. The average molecular weight is 230 g/mol. The van der Waals surface area contributed by atoms with Crippen LogP contribution in [0.2, 0.25) is 0 Å². The molecule has 0 aliphatic carbocycles. The van der Waals surface area contributed by atoms with E-state index in [-0.39, 0.29) is 6.61 Å². The van der Waals surface area contributed by atoms with Crippen LogP contribution < -0.4 is 0 Å². The molecule has 0 aliphatic rings. The van der Waals surface area contributed by atoms with Crippen molar-refractivity contribution in [2.24, 2.45) is 5.41 Å². The van der Waals surface area contributed by atoms with Crippen molar-refractivity contribution in [2.45, 2.75) is 52.9 Å². The molecule has 0 saturated heterocycles. The van der Waals surface area contributed by atoms with Gasteiger partial charge in [0, 0.05) is 0 Å².